The Morgan fingerprint density at radius 1 is 1.60 bits per heavy atom. The smallest absolute Gasteiger partial charge is 0.133 e. The average Bonchev–Trinajstić information content (AvgIpc) is 2.58. The van der Waals surface area contributed by atoms with Crippen molar-refractivity contribution in [2.45, 2.75) is 32.8 Å². The summed E-state index contributed by atoms with van der Waals surface area (Å²) in [6.45, 7) is 4.60. The lowest BCUT2D eigenvalue weighted by Gasteiger charge is -2.48. The molecule has 84 valence electrons. The monoisotopic (exact) mass is 209 g/mol. The van der Waals surface area contributed by atoms with Crippen LogP contribution >= 0.6 is 0 Å². The third-order valence-electron chi connectivity index (χ3n) is 3.53. The summed E-state index contributed by atoms with van der Waals surface area (Å²) >= 11 is 0. The zero-order chi connectivity index (χ0) is 11.1. The lowest BCUT2D eigenvalue weighted by atomic mass is 9.59. The van der Waals surface area contributed by atoms with Crippen molar-refractivity contribution >= 4 is 0 Å². The van der Waals surface area contributed by atoms with E-state index >= 15 is 0 Å². The topological polar surface area (TPSA) is 59.4 Å². The number of aliphatic hydroxyl groups is 1. The number of nitrogens with two attached hydrogens (primary N) is 1. The minimum absolute atomic E-state index is 0.149. The van der Waals surface area contributed by atoms with Gasteiger partial charge >= 0.3 is 0 Å². The highest BCUT2D eigenvalue weighted by Crippen LogP contribution is 2.52. The molecule has 1 aromatic rings. The molecule has 1 saturated carbocycles. The highest BCUT2D eigenvalue weighted by atomic mass is 16.4. The highest BCUT2D eigenvalue weighted by Gasteiger charge is 2.48. The highest BCUT2D eigenvalue weighted by molar-refractivity contribution is 5.13. The second-order valence-corrected chi connectivity index (χ2v) is 4.93. The van der Waals surface area contributed by atoms with Gasteiger partial charge in [-0.05, 0) is 37.8 Å². The van der Waals surface area contributed by atoms with Gasteiger partial charge in [0, 0.05) is 12.0 Å². The van der Waals surface area contributed by atoms with E-state index in [1.54, 1.807) is 0 Å². The fourth-order valence-electron chi connectivity index (χ4n) is 2.73. The average molecular weight is 209 g/mol. The molecule has 1 aromatic heterocycles. The fraction of sp³-hybridized carbons (Fsp3) is 0.667. The van der Waals surface area contributed by atoms with Gasteiger partial charge in [-0.25, -0.2) is 0 Å². The van der Waals surface area contributed by atoms with Crippen molar-refractivity contribution in [3.8, 4) is 0 Å². The Morgan fingerprint density at radius 3 is 2.67 bits per heavy atom. The van der Waals surface area contributed by atoms with Crippen molar-refractivity contribution in [1.82, 2.24) is 0 Å². The van der Waals surface area contributed by atoms with Crippen LogP contribution in [0.2, 0.25) is 0 Å². The maximum Gasteiger partial charge on any atom is 0.133 e. The number of aryl methyl sites for hydroxylation is 1. The molecule has 1 aliphatic carbocycles. The number of hydrogen-bond donors (Lipinski definition) is 2. The van der Waals surface area contributed by atoms with Crippen LogP contribution in [-0.4, -0.2) is 11.7 Å². The zero-order valence-corrected chi connectivity index (χ0v) is 9.36. The summed E-state index contributed by atoms with van der Waals surface area (Å²) in [5.74, 6) is 2.16. The molecular formula is C12H19NO2. The zero-order valence-electron chi connectivity index (χ0n) is 9.36. The molecule has 0 radical (unpaired) electrons. The summed E-state index contributed by atoms with van der Waals surface area (Å²) < 4.78 is 5.46. The van der Waals surface area contributed by atoms with Crippen LogP contribution in [0, 0.1) is 18.3 Å². The third-order valence-corrected chi connectivity index (χ3v) is 3.53. The van der Waals surface area contributed by atoms with Gasteiger partial charge in [-0.1, -0.05) is 6.92 Å². The Kier molecular flexibility index (Phi) is 2.61. The normalized spacial score (nSPS) is 32.4. The second-order valence-electron chi connectivity index (χ2n) is 4.93. The van der Waals surface area contributed by atoms with Crippen molar-refractivity contribution in [2.24, 2.45) is 17.1 Å². The molecule has 2 rings (SSSR count). The summed E-state index contributed by atoms with van der Waals surface area (Å²) in [5, 5.41) is 10.2. The molecule has 0 aliphatic heterocycles. The van der Waals surface area contributed by atoms with E-state index in [0.29, 0.717) is 18.2 Å². The van der Waals surface area contributed by atoms with Crippen LogP contribution in [0.3, 0.4) is 0 Å². The standard InChI is InChI=1S/C12H19NO2/c1-8-5-12(6-8,7-13)11(14)10-4-3-9(2)15-10/h3-4,8,11,14H,5-7,13H2,1-2H3/t8?,11-,12?/m1/s1. The van der Waals surface area contributed by atoms with Gasteiger partial charge in [-0.3, -0.25) is 0 Å². The van der Waals surface area contributed by atoms with Crippen LogP contribution in [0.15, 0.2) is 16.5 Å². The first-order chi connectivity index (χ1) is 7.07. The van der Waals surface area contributed by atoms with E-state index in [0.717, 1.165) is 18.6 Å². The molecular weight excluding hydrogens is 190 g/mol. The van der Waals surface area contributed by atoms with Crippen molar-refractivity contribution < 1.29 is 9.52 Å². The number of rotatable bonds is 3. The van der Waals surface area contributed by atoms with Crippen molar-refractivity contribution in [3.05, 3.63) is 23.7 Å². The Hall–Kier alpha value is -0.800. The van der Waals surface area contributed by atoms with Crippen molar-refractivity contribution in [3.63, 3.8) is 0 Å². The quantitative estimate of drug-likeness (QED) is 0.800. The maximum absolute atomic E-state index is 10.2. The van der Waals surface area contributed by atoms with Crippen LogP contribution in [0.1, 0.15) is 37.4 Å². The van der Waals surface area contributed by atoms with Gasteiger partial charge in [0.05, 0.1) is 0 Å². The molecule has 15 heavy (non-hydrogen) atoms. The molecule has 0 aromatic carbocycles. The number of hydrogen-bond acceptors (Lipinski definition) is 3. The fourth-order valence-corrected chi connectivity index (χ4v) is 2.73. The molecule has 3 heteroatoms. The van der Waals surface area contributed by atoms with E-state index in [4.69, 9.17) is 10.2 Å². The lowest BCUT2D eigenvalue weighted by Crippen LogP contribution is -2.46. The van der Waals surface area contributed by atoms with Crippen LogP contribution in [0.25, 0.3) is 0 Å². The molecule has 1 fully saturated rings. The van der Waals surface area contributed by atoms with Gasteiger partial charge in [0.25, 0.3) is 0 Å². The number of aliphatic hydroxyl groups excluding tert-OH is 1. The molecule has 0 saturated heterocycles. The second kappa shape index (κ2) is 3.65. The summed E-state index contributed by atoms with van der Waals surface area (Å²) in [4.78, 5) is 0. The van der Waals surface area contributed by atoms with Gasteiger partial charge in [-0.15, -0.1) is 0 Å². The molecule has 0 spiro atoms. The molecule has 0 bridgehead atoms. The predicted octanol–water partition coefficient (Wildman–Crippen LogP) is 2.00. The van der Waals surface area contributed by atoms with Crippen LogP contribution in [0.5, 0.6) is 0 Å². The predicted molar refractivity (Wildman–Crippen MR) is 58.3 cm³/mol. The first-order valence-electron chi connectivity index (χ1n) is 5.52. The Balaban J connectivity index is 2.16. The Morgan fingerprint density at radius 2 is 2.27 bits per heavy atom. The van der Waals surface area contributed by atoms with Gasteiger partial charge < -0.3 is 15.3 Å². The lowest BCUT2D eigenvalue weighted by molar-refractivity contribution is -0.0703. The largest absolute Gasteiger partial charge is 0.464 e. The minimum Gasteiger partial charge on any atom is -0.464 e. The Labute approximate surface area is 90.3 Å². The molecule has 0 unspecified atom stereocenters. The SMILES string of the molecule is Cc1ccc([C@@H](O)C2(CN)CC(C)C2)o1. The third kappa shape index (κ3) is 1.70. The molecule has 1 atom stereocenters. The van der Waals surface area contributed by atoms with E-state index in [2.05, 4.69) is 6.92 Å². The van der Waals surface area contributed by atoms with Crippen molar-refractivity contribution in [2.75, 3.05) is 6.54 Å². The van der Waals surface area contributed by atoms with Gasteiger partial charge in [0.15, 0.2) is 0 Å². The van der Waals surface area contributed by atoms with Gasteiger partial charge in [0.1, 0.15) is 17.6 Å². The maximum atomic E-state index is 10.2. The summed E-state index contributed by atoms with van der Waals surface area (Å²) in [7, 11) is 0. The van der Waals surface area contributed by atoms with Crippen LogP contribution in [0.4, 0.5) is 0 Å². The van der Waals surface area contributed by atoms with E-state index in [9.17, 15) is 5.11 Å². The van der Waals surface area contributed by atoms with Gasteiger partial charge in [0.2, 0.25) is 0 Å². The van der Waals surface area contributed by atoms with Crippen LogP contribution < -0.4 is 5.73 Å². The minimum atomic E-state index is -0.549. The molecule has 1 heterocycles. The van der Waals surface area contributed by atoms with Crippen molar-refractivity contribution in [1.29, 1.82) is 0 Å². The molecule has 3 nitrogen and oxygen atoms in total. The van der Waals surface area contributed by atoms with Gasteiger partial charge in [-0.2, -0.15) is 0 Å². The molecule has 3 N–H and O–H groups in total. The molecule has 1 aliphatic rings. The van der Waals surface area contributed by atoms with E-state index in [1.165, 1.54) is 0 Å². The number of furan rings is 1. The first kappa shape index (κ1) is 10.7. The summed E-state index contributed by atoms with van der Waals surface area (Å²) in [5.41, 5.74) is 5.63. The summed E-state index contributed by atoms with van der Waals surface area (Å²) in [6, 6.07) is 3.73. The van der Waals surface area contributed by atoms with E-state index in [-0.39, 0.29) is 5.41 Å². The summed E-state index contributed by atoms with van der Waals surface area (Å²) in [6.07, 6.45) is 1.43. The van der Waals surface area contributed by atoms with E-state index < -0.39 is 6.10 Å². The molecule has 0 amide bonds. The van der Waals surface area contributed by atoms with Crippen LogP contribution in [-0.2, 0) is 0 Å². The van der Waals surface area contributed by atoms with E-state index in [1.807, 2.05) is 19.1 Å². The Bertz CT molecular complexity index is 339. The first-order valence-corrected chi connectivity index (χ1v) is 5.52.